The highest BCUT2D eigenvalue weighted by atomic mass is 16.6. The van der Waals surface area contributed by atoms with E-state index in [1.165, 1.54) is 6.92 Å². The molecule has 1 saturated heterocycles. The number of esters is 2. The molecule has 3 rings (SSSR count). The SMILES string of the molecule is CC(=O)O[C@H]1CC(=O)[C@]2(C)CC[C@H]3[C@H](C)C(=O)O[C@@H]3C2=C1C. The number of ether oxygens (including phenoxy) is 2. The van der Waals surface area contributed by atoms with Gasteiger partial charge in [-0.1, -0.05) is 6.92 Å². The largest absolute Gasteiger partial charge is 0.458 e. The zero-order valence-electron chi connectivity index (χ0n) is 13.5. The van der Waals surface area contributed by atoms with E-state index >= 15 is 0 Å². The van der Waals surface area contributed by atoms with E-state index in [2.05, 4.69) is 0 Å². The van der Waals surface area contributed by atoms with Gasteiger partial charge in [0.15, 0.2) is 0 Å². The zero-order valence-corrected chi connectivity index (χ0v) is 13.5. The van der Waals surface area contributed by atoms with E-state index < -0.39 is 17.5 Å². The van der Waals surface area contributed by atoms with Gasteiger partial charge in [0.1, 0.15) is 18.0 Å². The van der Waals surface area contributed by atoms with Crippen molar-refractivity contribution in [1.29, 1.82) is 0 Å². The fourth-order valence-electron chi connectivity index (χ4n) is 4.33. The fraction of sp³-hybridized carbons (Fsp3) is 0.706. The number of ketones is 1. The van der Waals surface area contributed by atoms with E-state index in [9.17, 15) is 14.4 Å². The number of hydrogen-bond donors (Lipinski definition) is 0. The minimum absolute atomic E-state index is 0.0772. The summed E-state index contributed by atoms with van der Waals surface area (Å²) in [5.74, 6) is -0.533. The van der Waals surface area contributed by atoms with Crippen molar-refractivity contribution in [2.45, 2.75) is 59.2 Å². The van der Waals surface area contributed by atoms with Crippen LogP contribution in [0.15, 0.2) is 11.1 Å². The van der Waals surface area contributed by atoms with E-state index in [0.717, 1.165) is 24.0 Å². The minimum atomic E-state index is -0.591. The molecule has 1 heterocycles. The number of rotatable bonds is 1. The van der Waals surface area contributed by atoms with Gasteiger partial charge in [0, 0.05) is 19.3 Å². The molecule has 2 fully saturated rings. The molecular formula is C17H22O5. The molecule has 0 aromatic rings. The second-order valence-electron chi connectivity index (χ2n) is 7.00. The van der Waals surface area contributed by atoms with Crippen molar-refractivity contribution in [3.8, 4) is 0 Å². The summed E-state index contributed by atoms with van der Waals surface area (Å²) in [5, 5.41) is 0. The molecule has 1 saturated carbocycles. The molecule has 5 nitrogen and oxygen atoms in total. The van der Waals surface area contributed by atoms with Crippen LogP contribution >= 0.6 is 0 Å². The highest BCUT2D eigenvalue weighted by Crippen LogP contribution is 2.54. The Bertz CT molecular complexity index is 590. The molecule has 0 aromatic carbocycles. The second kappa shape index (κ2) is 4.93. The monoisotopic (exact) mass is 306 g/mol. The molecule has 3 aliphatic rings. The number of fused-ring (bicyclic) bond motifs is 3. The van der Waals surface area contributed by atoms with E-state index in [0.29, 0.717) is 0 Å². The molecule has 5 heteroatoms. The summed E-state index contributed by atoms with van der Waals surface area (Å²) in [4.78, 5) is 35.9. The molecule has 0 radical (unpaired) electrons. The number of hydrogen-bond acceptors (Lipinski definition) is 5. The molecule has 2 aliphatic carbocycles. The topological polar surface area (TPSA) is 69.7 Å². The maximum absolute atomic E-state index is 12.7. The molecule has 0 aromatic heterocycles. The maximum Gasteiger partial charge on any atom is 0.309 e. The summed E-state index contributed by atoms with van der Waals surface area (Å²) in [6.07, 6.45) is 0.888. The third-order valence-corrected chi connectivity index (χ3v) is 5.70. The highest BCUT2D eigenvalue weighted by molar-refractivity contribution is 5.91. The molecular weight excluding hydrogens is 284 g/mol. The standard InChI is InChI=1S/C17H22O5/c1-8-11-5-6-17(4)13(19)7-12(21-10(3)18)9(2)14(17)15(11)22-16(8)20/h8,11-12,15H,5-7H2,1-4H3/t8-,11-,12-,15-,17-/m0/s1. The lowest BCUT2D eigenvalue weighted by Gasteiger charge is -2.46. The van der Waals surface area contributed by atoms with Crippen molar-refractivity contribution in [1.82, 2.24) is 0 Å². The van der Waals surface area contributed by atoms with Crippen LogP contribution in [0.4, 0.5) is 0 Å². The first-order valence-corrected chi connectivity index (χ1v) is 7.88. The van der Waals surface area contributed by atoms with Gasteiger partial charge in [-0.3, -0.25) is 14.4 Å². The Hall–Kier alpha value is -1.65. The van der Waals surface area contributed by atoms with E-state index in [-0.39, 0.29) is 36.1 Å². The van der Waals surface area contributed by atoms with Crippen LogP contribution in [0.3, 0.4) is 0 Å². The van der Waals surface area contributed by atoms with Gasteiger partial charge in [-0.2, -0.15) is 0 Å². The van der Waals surface area contributed by atoms with Gasteiger partial charge >= 0.3 is 11.9 Å². The summed E-state index contributed by atoms with van der Waals surface area (Å²) in [7, 11) is 0. The summed E-state index contributed by atoms with van der Waals surface area (Å²) in [6.45, 7) is 7.06. The maximum atomic E-state index is 12.7. The van der Waals surface area contributed by atoms with Crippen LogP contribution in [0, 0.1) is 17.3 Å². The van der Waals surface area contributed by atoms with Crippen LogP contribution in [0.25, 0.3) is 0 Å². The molecule has 0 bridgehead atoms. The van der Waals surface area contributed by atoms with Crippen LogP contribution in [0.5, 0.6) is 0 Å². The Morgan fingerprint density at radius 2 is 2.05 bits per heavy atom. The van der Waals surface area contributed by atoms with Gasteiger partial charge in [0.2, 0.25) is 0 Å². The number of carbonyl (C=O) groups is 3. The lowest BCUT2D eigenvalue weighted by atomic mass is 9.58. The molecule has 120 valence electrons. The lowest BCUT2D eigenvalue weighted by molar-refractivity contribution is -0.150. The van der Waals surface area contributed by atoms with Crippen LogP contribution in [-0.4, -0.2) is 29.9 Å². The zero-order chi connectivity index (χ0) is 16.2. The Balaban J connectivity index is 2.07. The van der Waals surface area contributed by atoms with Gasteiger partial charge in [-0.15, -0.1) is 0 Å². The summed E-state index contributed by atoms with van der Waals surface area (Å²) in [6, 6.07) is 0. The van der Waals surface area contributed by atoms with E-state index in [1.807, 2.05) is 20.8 Å². The third-order valence-electron chi connectivity index (χ3n) is 5.70. The van der Waals surface area contributed by atoms with Crippen molar-refractivity contribution in [3.63, 3.8) is 0 Å². The van der Waals surface area contributed by atoms with Crippen molar-refractivity contribution in [2.24, 2.45) is 17.3 Å². The predicted molar refractivity (Wildman–Crippen MR) is 77.8 cm³/mol. The Kier molecular flexibility index (Phi) is 3.42. The Morgan fingerprint density at radius 1 is 1.36 bits per heavy atom. The Labute approximate surface area is 130 Å². The normalized spacial score (nSPS) is 40.9. The van der Waals surface area contributed by atoms with Gasteiger partial charge in [-0.25, -0.2) is 0 Å². The summed E-state index contributed by atoms with van der Waals surface area (Å²) >= 11 is 0. The Morgan fingerprint density at radius 3 is 2.68 bits per heavy atom. The van der Waals surface area contributed by atoms with E-state index in [4.69, 9.17) is 9.47 Å². The van der Waals surface area contributed by atoms with Crippen molar-refractivity contribution >= 4 is 17.7 Å². The molecule has 1 aliphatic heterocycles. The minimum Gasteiger partial charge on any atom is -0.458 e. The lowest BCUT2D eigenvalue weighted by Crippen LogP contribution is -2.48. The van der Waals surface area contributed by atoms with Crippen molar-refractivity contribution < 1.29 is 23.9 Å². The first-order chi connectivity index (χ1) is 10.3. The highest BCUT2D eigenvalue weighted by Gasteiger charge is 2.57. The molecule has 0 spiro atoms. The summed E-state index contributed by atoms with van der Waals surface area (Å²) in [5.41, 5.74) is 1.17. The molecule has 0 amide bonds. The third kappa shape index (κ3) is 2.02. The number of Topliss-reactive ketones (excluding diaryl/α,β-unsaturated/α-hetero) is 1. The van der Waals surface area contributed by atoms with Gasteiger partial charge in [0.05, 0.1) is 11.3 Å². The first kappa shape index (κ1) is 15.3. The van der Waals surface area contributed by atoms with Gasteiger partial charge < -0.3 is 9.47 Å². The molecule has 0 unspecified atom stereocenters. The van der Waals surface area contributed by atoms with Crippen LogP contribution in [0.2, 0.25) is 0 Å². The predicted octanol–water partition coefficient (Wildman–Crippen LogP) is 2.19. The number of carbonyl (C=O) groups excluding carboxylic acids is 3. The second-order valence-corrected chi connectivity index (χ2v) is 7.00. The van der Waals surface area contributed by atoms with Gasteiger partial charge in [-0.05, 0) is 37.8 Å². The first-order valence-electron chi connectivity index (χ1n) is 7.88. The smallest absolute Gasteiger partial charge is 0.309 e. The van der Waals surface area contributed by atoms with Crippen molar-refractivity contribution in [2.75, 3.05) is 0 Å². The molecule has 22 heavy (non-hydrogen) atoms. The average molecular weight is 306 g/mol. The van der Waals surface area contributed by atoms with Crippen LogP contribution in [0.1, 0.15) is 47.0 Å². The fourth-order valence-corrected chi connectivity index (χ4v) is 4.33. The molecule has 5 atom stereocenters. The van der Waals surface area contributed by atoms with Gasteiger partial charge in [0.25, 0.3) is 0 Å². The van der Waals surface area contributed by atoms with E-state index in [1.54, 1.807) is 0 Å². The van der Waals surface area contributed by atoms with Crippen molar-refractivity contribution in [3.05, 3.63) is 11.1 Å². The van der Waals surface area contributed by atoms with Crippen LogP contribution < -0.4 is 0 Å². The average Bonchev–Trinajstić information content (AvgIpc) is 2.71. The summed E-state index contributed by atoms with van der Waals surface area (Å²) < 4.78 is 10.9. The molecule has 0 N–H and O–H groups in total. The quantitative estimate of drug-likeness (QED) is 0.548. The van der Waals surface area contributed by atoms with Crippen LogP contribution in [-0.2, 0) is 23.9 Å².